The molecule has 0 N–H and O–H groups in total. The van der Waals surface area contributed by atoms with Crippen molar-refractivity contribution in [2.45, 2.75) is 6.92 Å². The van der Waals surface area contributed by atoms with E-state index in [9.17, 15) is 0 Å². The van der Waals surface area contributed by atoms with Gasteiger partial charge in [-0.25, -0.2) is 4.68 Å². The lowest BCUT2D eigenvalue weighted by atomic mass is 10.2. The quantitative estimate of drug-likeness (QED) is 0.654. The van der Waals surface area contributed by atoms with Crippen LogP contribution in [0.25, 0.3) is 16.6 Å². The predicted octanol–water partition coefficient (Wildman–Crippen LogP) is 2.53. The summed E-state index contributed by atoms with van der Waals surface area (Å²) in [6.45, 7) is 2.06. The first-order chi connectivity index (χ1) is 8.78. The fourth-order valence-corrected chi connectivity index (χ4v) is 2.26. The highest BCUT2D eigenvalue weighted by atomic mass is 27.1. The minimum absolute atomic E-state index is 0.840. The van der Waals surface area contributed by atoms with Crippen LogP contribution in [-0.2, 0) is 0 Å². The summed E-state index contributed by atoms with van der Waals surface area (Å²) in [5.74, 6) is 0.840. The van der Waals surface area contributed by atoms with Crippen molar-refractivity contribution in [1.29, 1.82) is 0 Å². The van der Waals surface area contributed by atoms with Gasteiger partial charge in [-0.3, -0.25) is 0 Å². The van der Waals surface area contributed by atoms with Crippen molar-refractivity contribution in [3.63, 3.8) is 0 Å². The molecule has 0 saturated heterocycles. The molecule has 4 heteroatoms. The third kappa shape index (κ3) is 1.90. The molecule has 3 rings (SSSR count). The normalized spacial score (nSPS) is 10.7. The summed E-state index contributed by atoms with van der Waals surface area (Å²) < 4.78 is 7.29. The van der Waals surface area contributed by atoms with Crippen molar-refractivity contribution in [1.82, 2.24) is 9.78 Å². The first-order valence-electron chi connectivity index (χ1n) is 5.75. The van der Waals surface area contributed by atoms with Crippen LogP contribution in [0, 0.1) is 6.92 Å². The number of fused-ring (bicyclic) bond motifs is 1. The second kappa shape index (κ2) is 4.49. The molecule has 3 aromatic rings. The lowest BCUT2D eigenvalue weighted by Gasteiger charge is -2.10. The van der Waals surface area contributed by atoms with Gasteiger partial charge in [0, 0.05) is 11.6 Å². The van der Waals surface area contributed by atoms with Gasteiger partial charge in [0.2, 0.25) is 0 Å². The van der Waals surface area contributed by atoms with Crippen molar-refractivity contribution in [3.05, 3.63) is 54.2 Å². The average molecular weight is 251 g/mol. The highest BCUT2D eigenvalue weighted by Crippen LogP contribution is 2.25. The maximum absolute atomic E-state index is 5.42. The smallest absolute Gasteiger partial charge is 0.494 e. The number of benzene rings is 2. The third-order valence-corrected chi connectivity index (χ3v) is 3.24. The Morgan fingerprint density at radius 1 is 1.17 bits per heavy atom. The number of hydrogen-bond donors (Lipinski definition) is 0. The molecular weight excluding hydrogens is 239 g/mol. The molecular formula is C14H12AlN2O. The molecule has 0 bridgehead atoms. The van der Waals surface area contributed by atoms with E-state index < -0.39 is 0 Å². The highest BCUT2D eigenvalue weighted by Gasteiger charge is 2.07. The van der Waals surface area contributed by atoms with Crippen molar-refractivity contribution >= 4 is 27.5 Å². The minimum atomic E-state index is 0.840. The monoisotopic (exact) mass is 251 g/mol. The third-order valence-electron chi connectivity index (χ3n) is 2.93. The first-order valence-corrected chi connectivity index (χ1v) is 6.33. The molecule has 0 fully saturated rings. The molecule has 0 amide bonds. The Kier molecular flexibility index (Phi) is 2.83. The molecule has 1 radical (unpaired) electrons. The molecule has 0 aliphatic carbocycles. The molecule has 3 nitrogen and oxygen atoms in total. The maximum atomic E-state index is 5.42. The Hall–Kier alpha value is -1.76. The van der Waals surface area contributed by atoms with Gasteiger partial charge in [-0.05, 0) is 30.7 Å². The average Bonchev–Trinajstić information content (AvgIpc) is 2.82. The van der Waals surface area contributed by atoms with Crippen LogP contribution in [0.4, 0.5) is 0 Å². The predicted molar refractivity (Wildman–Crippen MR) is 73.6 cm³/mol. The number of hydrogen-bond acceptors (Lipinski definition) is 2. The van der Waals surface area contributed by atoms with Gasteiger partial charge in [-0.2, -0.15) is 5.10 Å². The van der Waals surface area contributed by atoms with Crippen LogP contribution < -0.4 is 3.79 Å². The molecule has 87 valence electrons. The lowest BCUT2D eigenvalue weighted by Crippen LogP contribution is -1.99. The van der Waals surface area contributed by atoms with Gasteiger partial charge in [0.1, 0.15) is 11.4 Å². The highest BCUT2D eigenvalue weighted by molar-refractivity contribution is 6.00. The molecule has 0 spiro atoms. The van der Waals surface area contributed by atoms with Gasteiger partial charge in [0.25, 0.3) is 0 Å². The lowest BCUT2D eigenvalue weighted by molar-refractivity contribution is 0.606. The van der Waals surface area contributed by atoms with E-state index in [0.29, 0.717) is 0 Å². The Morgan fingerprint density at radius 3 is 2.78 bits per heavy atom. The standard InChI is InChI=1S/C14H12N2O.Al.H/c1-10-6-7-14(17)13(8-10)16-9-11-4-2-3-5-12(11)15-16;;/h2-9,17H,1H3;;/q;+1;/p-1. The molecule has 0 aliphatic rings. The molecule has 18 heavy (non-hydrogen) atoms. The Morgan fingerprint density at radius 2 is 2.00 bits per heavy atom. The first kappa shape index (κ1) is 11.3. The zero-order valence-corrected chi connectivity index (χ0v) is 11.5. The Balaban J connectivity index is 2.22. The van der Waals surface area contributed by atoms with Crippen LogP contribution in [-0.4, -0.2) is 26.4 Å². The van der Waals surface area contributed by atoms with Crippen LogP contribution in [0.1, 0.15) is 5.56 Å². The number of nitrogens with zero attached hydrogens (tertiary/aromatic N) is 2. The van der Waals surface area contributed by atoms with E-state index in [4.69, 9.17) is 3.79 Å². The zero-order chi connectivity index (χ0) is 12.5. The number of aromatic nitrogens is 2. The SMILES string of the molecule is Cc1ccc([O][AlH])c(-n2cc3ccccc3n2)c1. The summed E-state index contributed by atoms with van der Waals surface area (Å²) in [5.41, 5.74) is 3.15. The van der Waals surface area contributed by atoms with E-state index in [1.54, 1.807) is 0 Å². The molecule has 1 heterocycles. The van der Waals surface area contributed by atoms with Gasteiger partial charge >= 0.3 is 16.6 Å². The van der Waals surface area contributed by atoms with Gasteiger partial charge in [-0.1, -0.05) is 24.3 Å². The van der Waals surface area contributed by atoms with E-state index >= 15 is 0 Å². The summed E-state index contributed by atoms with van der Waals surface area (Å²) in [7, 11) is 0. The fraction of sp³-hybridized carbons (Fsp3) is 0.0714. The molecule has 0 unspecified atom stereocenters. The van der Waals surface area contributed by atoms with Crippen molar-refractivity contribution < 1.29 is 3.79 Å². The van der Waals surface area contributed by atoms with Gasteiger partial charge in [0.15, 0.2) is 0 Å². The summed E-state index contributed by atoms with van der Waals surface area (Å²) in [6.07, 6.45) is 2.02. The van der Waals surface area contributed by atoms with Crippen LogP contribution in [0.5, 0.6) is 5.75 Å². The van der Waals surface area contributed by atoms with Crippen LogP contribution >= 0.6 is 0 Å². The van der Waals surface area contributed by atoms with E-state index in [1.807, 2.05) is 41.2 Å². The molecule has 2 aromatic carbocycles. The topological polar surface area (TPSA) is 27.1 Å². The molecule has 0 atom stereocenters. The van der Waals surface area contributed by atoms with E-state index in [1.165, 1.54) is 22.2 Å². The second-order valence-electron chi connectivity index (χ2n) is 4.25. The van der Waals surface area contributed by atoms with Crippen molar-refractivity contribution in [3.8, 4) is 11.4 Å². The van der Waals surface area contributed by atoms with Gasteiger partial charge < -0.3 is 3.79 Å². The summed E-state index contributed by atoms with van der Waals surface area (Å²) in [4.78, 5) is 0. The summed E-state index contributed by atoms with van der Waals surface area (Å²) in [5, 5.41) is 5.70. The van der Waals surface area contributed by atoms with Crippen molar-refractivity contribution in [2.75, 3.05) is 0 Å². The summed E-state index contributed by atoms with van der Waals surface area (Å²) in [6, 6.07) is 14.2. The molecule has 0 aliphatic heterocycles. The van der Waals surface area contributed by atoms with E-state index in [2.05, 4.69) is 24.2 Å². The Bertz CT molecular complexity index is 673. The fourth-order valence-electron chi connectivity index (χ4n) is 2.02. The number of aryl methyl sites for hydroxylation is 1. The van der Waals surface area contributed by atoms with E-state index in [0.717, 1.165) is 22.3 Å². The largest absolute Gasteiger partial charge is 0.649 e. The maximum Gasteiger partial charge on any atom is 0.494 e. The molecule has 1 aromatic heterocycles. The minimum Gasteiger partial charge on any atom is -0.649 e. The zero-order valence-electron chi connectivity index (χ0n) is 10.1. The van der Waals surface area contributed by atoms with Crippen molar-refractivity contribution in [2.24, 2.45) is 0 Å². The second-order valence-corrected chi connectivity index (χ2v) is 4.54. The summed E-state index contributed by atoms with van der Waals surface area (Å²) >= 11 is 1.48. The van der Waals surface area contributed by atoms with Gasteiger partial charge in [-0.15, -0.1) is 0 Å². The molecule has 0 saturated carbocycles. The van der Waals surface area contributed by atoms with E-state index in [-0.39, 0.29) is 0 Å². The Labute approximate surface area is 114 Å². The van der Waals surface area contributed by atoms with Crippen LogP contribution in [0.2, 0.25) is 0 Å². The van der Waals surface area contributed by atoms with Crippen LogP contribution in [0.3, 0.4) is 0 Å². The van der Waals surface area contributed by atoms with Crippen LogP contribution in [0.15, 0.2) is 48.7 Å². The van der Waals surface area contributed by atoms with Gasteiger partial charge in [0.05, 0.1) is 5.52 Å². The number of rotatable bonds is 2.